The molecule has 0 saturated carbocycles. The summed E-state index contributed by atoms with van der Waals surface area (Å²) in [5.41, 5.74) is 10.4. The number of hydrogen-bond donors (Lipinski definition) is 0. The maximum absolute atomic E-state index is 6.07. The van der Waals surface area contributed by atoms with E-state index in [4.69, 9.17) is 4.42 Å². The maximum atomic E-state index is 6.07. The van der Waals surface area contributed by atoms with Crippen molar-refractivity contribution in [3.05, 3.63) is 107 Å². The minimum absolute atomic E-state index is 0.0582. The average Bonchev–Trinajstić information content (AvgIpc) is 3.26. The molecule has 1 aliphatic rings. The smallest absolute Gasteiger partial charge is 0.135 e. The lowest BCUT2D eigenvalue weighted by atomic mass is 9.81. The van der Waals surface area contributed by atoms with Crippen molar-refractivity contribution in [2.45, 2.75) is 32.1 Å². The summed E-state index contributed by atoms with van der Waals surface area (Å²) in [5, 5.41) is 2.48. The van der Waals surface area contributed by atoms with E-state index in [1.807, 2.05) is 6.07 Å². The van der Waals surface area contributed by atoms with E-state index in [9.17, 15) is 0 Å². The van der Waals surface area contributed by atoms with E-state index < -0.39 is 0 Å². The van der Waals surface area contributed by atoms with Gasteiger partial charge >= 0.3 is 0 Å². The molecule has 0 radical (unpaired) electrons. The van der Waals surface area contributed by atoms with Crippen LogP contribution in [-0.2, 0) is 18.3 Å². The minimum atomic E-state index is 0.0582. The molecule has 0 bridgehead atoms. The summed E-state index contributed by atoms with van der Waals surface area (Å²) in [7, 11) is 0. The topological polar surface area (TPSA) is 13.1 Å². The molecule has 0 spiro atoms. The van der Waals surface area contributed by atoms with Gasteiger partial charge in [0.25, 0.3) is 0 Å². The number of aryl methyl sites for hydroxylation is 2. The molecule has 1 aliphatic carbocycles. The van der Waals surface area contributed by atoms with Crippen molar-refractivity contribution in [3.8, 4) is 11.1 Å². The zero-order chi connectivity index (χ0) is 20.3. The number of fused-ring (bicyclic) bond motifs is 6. The van der Waals surface area contributed by atoms with Crippen LogP contribution >= 0.6 is 0 Å². The third kappa shape index (κ3) is 2.48. The van der Waals surface area contributed by atoms with Crippen LogP contribution < -0.4 is 0 Å². The first-order valence-electron chi connectivity index (χ1n) is 10.8. The highest BCUT2D eigenvalue weighted by Gasteiger charge is 2.34. The van der Waals surface area contributed by atoms with Crippen LogP contribution in [0, 0.1) is 0 Å². The zero-order valence-corrected chi connectivity index (χ0v) is 17.4. The molecule has 146 valence electrons. The largest absolute Gasteiger partial charge is 0.456 e. The Kier molecular flexibility index (Phi) is 3.70. The lowest BCUT2D eigenvalue weighted by Crippen LogP contribution is -2.15. The van der Waals surface area contributed by atoms with Gasteiger partial charge in [0.05, 0.1) is 0 Å². The minimum Gasteiger partial charge on any atom is -0.456 e. The van der Waals surface area contributed by atoms with Crippen LogP contribution in [0.1, 0.15) is 36.1 Å². The van der Waals surface area contributed by atoms with Gasteiger partial charge in [-0.2, -0.15) is 0 Å². The van der Waals surface area contributed by atoms with Crippen molar-refractivity contribution in [2.75, 3.05) is 0 Å². The van der Waals surface area contributed by atoms with Crippen molar-refractivity contribution in [2.24, 2.45) is 0 Å². The van der Waals surface area contributed by atoms with Gasteiger partial charge in [-0.25, -0.2) is 0 Å². The van der Waals surface area contributed by atoms with Gasteiger partial charge in [0, 0.05) is 16.2 Å². The fourth-order valence-electron chi connectivity index (χ4n) is 5.24. The SMILES string of the molecule is CC1(C)c2ccccc2-c2ccc(CCc3cccc4oc5ccccc5c34)cc21. The van der Waals surface area contributed by atoms with E-state index in [0.29, 0.717) is 0 Å². The predicted molar refractivity (Wildman–Crippen MR) is 125 cm³/mol. The molecule has 0 fully saturated rings. The lowest BCUT2D eigenvalue weighted by molar-refractivity contribution is 0.659. The monoisotopic (exact) mass is 388 g/mol. The number of benzene rings is 4. The number of hydrogen-bond acceptors (Lipinski definition) is 1. The maximum Gasteiger partial charge on any atom is 0.135 e. The molecule has 5 aromatic rings. The molecular formula is C29H24O. The molecule has 1 heteroatoms. The van der Waals surface area contributed by atoms with Crippen LogP contribution in [0.5, 0.6) is 0 Å². The number of para-hydroxylation sites is 1. The molecule has 0 aliphatic heterocycles. The van der Waals surface area contributed by atoms with Crippen molar-refractivity contribution < 1.29 is 4.42 Å². The fourth-order valence-corrected chi connectivity index (χ4v) is 5.24. The first kappa shape index (κ1) is 17.5. The van der Waals surface area contributed by atoms with E-state index >= 15 is 0 Å². The Morgan fingerprint density at radius 2 is 1.43 bits per heavy atom. The Bertz CT molecular complexity index is 1420. The first-order chi connectivity index (χ1) is 14.6. The Hall–Kier alpha value is -3.32. The Morgan fingerprint density at radius 1 is 0.667 bits per heavy atom. The standard InChI is InChI=1S/C29H24O/c1-29(2)24-11-5-3-9-21(24)22-17-15-19(18-25(22)29)14-16-20-8-7-13-27-28(20)23-10-4-6-12-26(23)30-27/h3-13,15,17-18H,14,16H2,1-2H3. The summed E-state index contributed by atoms with van der Waals surface area (Å²) in [6.45, 7) is 4.69. The summed E-state index contributed by atoms with van der Waals surface area (Å²) in [5.74, 6) is 0. The van der Waals surface area contributed by atoms with Gasteiger partial charge in [-0.3, -0.25) is 0 Å². The third-order valence-corrected chi connectivity index (χ3v) is 6.82. The fraction of sp³-hybridized carbons (Fsp3) is 0.172. The van der Waals surface area contributed by atoms with E-state index in [2.05, 4.69) is 92.7 Å². The second-order valence-corrected chi connectivity index (χ2v) is 8.94. The number of rotatable bonds is 3. The van der Waals surface area contributed by atoms with E-state index in [-0.39, 0.29) is 5.41 Å². The second kappa shape index (κ2) is 6.34. The molecule has 4 aromatic carbocycles. The Balaban J connectivity index is 1.37. The third-order valence-electron chi connectivity index (χ3n) is 6.82. The van der Waals surface area contributed by atoms with Crippen LogP contribution in [0.4, 0.5) is 0 Å². The van der Waals surface area contributed by atoms with Gasteiger partial charge in [0.2, 0.25) is 0 Å². The highest BCUT2D eigenvalue weighted by Crippen LogP contribution is 2.48. The summed E-state index contributed by atoms with van der Waals surface area (Å²) < 4.78 is 6.07. The van der Waals surface area contributed by atoms with Crippen LogP contribution in [0.3, 0.4) is 0 Å². The van der Waals surface area contributed by atoms with Gasteiger partial charge in [-0.05, 0) is 58.4 Å². The highest BCUT2D eigenvalue weighted by molar-refractivity contribution is 6.06. The van der Waals surface area contributed by atoms with Crippen LogP contribution in [0.25, 0.3) is 33.1 Å². The molecule has 0 atom stereocenters. The Labute approximate surface area is 177 Å². The van der Waals surface area contributed by atoms with Crippen LogP contribution in [0.15, 0.2) is 89.3 Å². The second-order valence-electron chi connectivity index (χ2n) is 8.94. The molecule has 6 rings (SSSR count). The Morgan fingerprint density at radius 3 is 2.37 bits per heavy atom. The molecule has 0 unspecified atom stereocenters. The first-order valence-corrected chi connectivity index (χ1v) is 10.8. The quantitative estimate of drug-likeness (QED) is 0.309. The van der Waals surface area contributed by atoms with Crippen molar-refractivity contribution in [1.29, 1.82) is 0 Å². The number of furan rings is 1. The van der Waals surface area contributed by atoms with Gasteiger partial charge in [0.1, 0.15) is 11.2 Å². The molecule has 1 heterocycles. The average molecular weight is 389 g/mol. The van der Waals surface area contributed by atoms with Gasteiger partial charge in [-0.15, -0.1) is 0 Å². The molecule has 1 aromatic heterocycles. The molecule has 1 nitrogen and oxygen atoms in total. The van der Waals surface area contributed by atoms with E-state index in [0.717, 1.165) is 24.0 Å². The van der Waals surface area contributed by atoms with E-state index in [1.165, 1.54) is 44.2 Å². The van der Waals surface area contributed by atoms with Crippen LogP contribution in [0.2, 0.25) is 0 Å². The van der Waals surface area contributed by atoms with Gasteiger partial charge in [0.15, 0.2) is 0 Å². The normalized spacial score (nSPS) is 14.2. The van der Waals surface area contributed by atoms with Crippen molar-refractivity contribution >= 4 is 21.9 Å². The van der Waals surface area contributed by atoms with Crippen LogP contribution in [-0.4, -0.2) is 0 Å². The van der Waals surface area contributed by atoms with Gasteiger partial charge < -0.3 is 4.42 Å². The van der Waals surface area contributed by atoms with Gasteiger partial charge in [-0.1, -0.05) is 86.6 Å². The zero-order valence-electron chi connectivity index (χ0n) is 17.4. The van der Waals surface area contributed by atoms with E-state index in [1.54, 1.807) is 0 Å². The summed E-state index contributed by atoms with van der Waals surface area (Å²) in [6.07, 6.45) is 2.03. The molecule has 0 amide bonds. The summed E-state index contributed by atoms with van der Waals surface area (Å²) in [4.78, 5) is 0. The molecule has 30 heavy (non-hydrogen) atoms. The molecular weight excluding hydrogens is 364 g/mol. The molecule has 0 N–H and O–H groups in total. The lowest BCUT2D eigenvalue weighted by Gasteiger charge is -2.22. The van der Waals surface area contributed by atoms with Crippen molar-refractivity contribution in [1.82, 2.24) is 0 Å². The summed E-state index contributed by atoms with van der Waals surface area (Å²) >= 11 is 0. The highest BCUT2D eigenvalue weighted by atomic mass is 16.3. The predicted octanol–water partition coefficient (Wildman–Crippen LogP) is 7.68. The van der Waals surface area contributed by atoms with Crippen molar-refractivity contribution in [3.63, 3.8) is 0 Å². The molecule has 0 saturated heterocycles. The summed E-state index contributed by atoms with van der Waals surface area (Å²) in [6, 6.07) is 30.7.